The van der Waals surface area contributed by atoms with Gasteiger partial charge in [-0.3, -0.25) is 4.79 Å². The van der Waals surface area contributed by atoms with Crippen molar-refractivity contribution in [2.24, 2.45) is 0 Å². The summed E-state index contributed by atoms with van der Waals surface area (Å²) < 4.78 is 11.2. The van der Waals surface area contributed by atoms with Crippen LogP contribution in [0.25, 0.3) is 0 Å². The molecule has 1 fully saturated rings. The van der Waals surface area contributed by atoms with Gasteiger partial charge in [-0.25, -0.2) is 0 Å². The van der Waals surface area contributed by atoms with Crippen LogP contribution in [0, 0.1) is 0 Å². The van der Waals surface area contributed by atoms with Crippen LogP contribution in [-0.4, -0.2) is 31.7 Å². The molecular weight excluding hydrogens is 304 g/mol. The summed E-state index contributed by atoms with van der Waals surface area (Å²) >= 11 is 0. The van der Waals surface area contributed by atoms with Gasteiger partial charge in [-0.2, -0.15) is 0 Å². The highest BCUT2D eigenvalue weighted by Gasteiger charge is 2.21. The molecular formula is C19H22N2O3. The van der Waals surface area contributed by atoms with Crippen LogP contribution in [0.15, 0.2) is 54.6 Å². The van der Waals surface area contributed by atoms with E-state index in [1.807, 2.05) is 54.6 Å². The van der Waals surface area contributed by atoms with Gasteiger partial charge in [-0.05, 0) is 23.3 Å². The van der Waals surface area contributed by atoms with Gasteiger partial charge in [0.15, 0.2) is 0 Å². The largest absolute Gasteiger partial charge is 0.489 e. The van der Waals surface area contributed by atoms with Crippen molar-refractivity contribution in [3.05, 3.63) is 65.7 Å². The predicted molar refractivity (Wildman–Crippen MR) is 91.7 cm³/mol. The van der Waals surface area contributed by atoms with E-state index >= 15 is 0 Å². The highest BCUT2D eigenvalue weighted by Crippen LogP contribution is 2.14. The molecule has 5 nitrogen and oxygen atoms in total. The van der Waals surface area contributed by atoms with E-state index in [4.69, 9.17) is 9.47 Å². The summed E-state index contributed by atoms with van der Waals surface area (Å²) in [5.74, 6) is 0.736. The topological polar surface area (TPSA) is 59.6 Å². The second-order valence-electron chi connectivity index (χ2n) is 5.70. The first-order valence-corrected chi connectivity index (χ1v) is 8.17. The summed E-state index contributed by atoms with van der Waals surface area (Å²) in [6.45, 7) is 2.97. The molecule has 5 heteroatoms. The molecule has 2 aromatic rings. The van der Waals surface area contributed by atoms with E-state index < -0.39 is 6.10 Å². The van der Waals surface area contributed by atoms with Crippen LogP contribution in [-0.2, 0) is 22.7 Å². The number of benzene rings is 2. The molecule has 1 heterocycles. The Bertz CT molecular complexity index is 637. The number of hydrogen-bond acceptors (Lipinski definition) is 4. The second kappa shape index (κ2) is 8.47. The average Bonchev–Trinajstić information content (AvgIpc) is 2.67. The van der Waals surface area contributed by atoms with Crippen molar-refractivity contribution in [3.8, 4) is 5.75 Å². The second-order valence-corrected chi connectivity index (χ2v) is 5.70. The van der Waals surface area contributed by atoms with Crippen molar-refractivity contribution in [1.29, 1.82) is 0 Å². The Morgan fingerprint density at radius 3 is 2.62 bits per heavy atom. The smallest absolute Gasteiger partial charge is 0.250 e. The Hall–Kier alpha value is -2.37. The van der Waals surface area contributed by atoms with Crippen LogP contribution in [0.3, 0.4) is 0 Å². The van der Waals surface area contributed by atoms with Crippen LogP contribution in [0.1, 0.15) is 11.1 Å². The highest BCUT2D eigenvalue weighted by molar-refractivity contribution is 5.81. The van der Waals surface area contributed by atoms with Crippen molar-refractivity contribution in [3.63, 3.8) is 0 Å². The third kappa shape index (κ3) is 4.81. The molecule has 0 aliphatic carbocycles. The molecule has 126 valence electrons. The first-order chi connectivity index (χ1) is 11.8. The molecule has 0 spiro atoms. The summed E-state index contributed by atoms with van der Waals surface area (Å²) in [5, 5.41) is 6.05. The maximum Gasteiger partial charge on any atom is 0.250 e. The van der Waals surface area contributed by atoms with Crippen LogP contribution in [0.2, 0.25) is 0 Å². The predicted octanol–water partition coefficient (Wildman–Crippen LogP) is 1.87. The fourth-order valence-electron chi connectivity index (χ4n) is 2.48. The van der Waals surface area contributed by atoms with Gasteiger partial charge >= 0.3 is 0 Å². The van der Waals surface area contributed by atoms with E-state index in [1.165, 1.54) is 0 Å². The van der Waals surface area contributed by atoms with Gasteiger partial charge < -0.3 is 20.1 Å². The first-order valence-electron chi connectivity index (χ1n) is 8.17. The van der Waals surface area contributed by atoms with Crippen LogP contribution >= 0.6 is 0 Å². The van der Waals surface area contributed by atoms with Gasteiger partial charge in [-0.1, -0.05) is 42.5 Å². The van der Waals surface area contributed by atoms with Gasteiger partial charge in [-0.15, -0.1) is 0 Å². The van der Waals surface area contributed by atoms with Gasteiger partial charge in [0.1, 0.15) is 18.5 Å². The van der Waals surface area contributed by atoms with E-state index in [1.54, 1.807) is 0 Å². The Kier molecular flexibility index (Phi) is 5.82. The van der Waals surface area contributed by atoms with Gasteiger partial charge in [0, 0.05) is 19.6 Å². The molecule has 24 heavy (non-hydrogen) atoms. The van der Waals surface area contributed by atoms with E-state index in [9.17, 15) is 4.79 Å². The number of carbonyl (C=O) groups is 1. The minimum Gasteiger partial charge on any atom is -0.489 e. The minimum atomic E-state index is -0.396. The lowest BCUT2D eigenvalue weighted by Crippen LogP contribution is -2.47. The van der Waals surface area contributed by atoms with Gasteiger partial charge in [0.25, 0.3) is 5.91 Å². The maximum absolute atomic E-state index is 12.0. The molecule has 1 amide bonds. The zero-order valence-electron chi connectivity index (χ0n) is 13.5. The lowest BCUT2D eigenvalue weighted by molar-refractivity contribution is -0.134. The molecule has 0 radical (unpaired) electrons. The number of nitrogens with one attached hydrogen (secondary N) is 2. The number of morpholine rings is 1. The van der Waals surface area contributed by atoms with Crippen molar-refractivity contribution in [2.75, 3.05) is 19.7 Å². The Labute approximate surface area is 142 Å². The monoisotopic (exact) mass is 326 g/mol. The van der Waals surface area contributed by atoms with E-state index in [0.717, 1.165) is 23.4 Å². The zero-order chi connectivity index (χ0) is 16.6. The number of rotatable bonds is 6. The lowest BCUT2D eigenvalue weighted by Gasteiger charge is -2.22. The Morgan fingerprint density at radius 2 is 1.92 bits per heavy atom. The Balaban J connectivity index is 1.45. The number of ether oxygens (including phenoxy) is 2. The molecule has 1 atom stereocenters. The normalized spacial score (nSPS) is 17.2. The summed E-state index contributed by atoms with van der Waals surface area (Å²) in [4.78, 5) is 12.0. The summed E-state index contributed by atoms with van der Waals surface area (Å²) in [7, 11) is 0. The molecule has 0 aromatic heterocycles. The van der Waals surface area contributed by atoms with Crippen molar-refractivity contribution < 1.29 is 14.3 Å². The number of hydrogen-bond donors (Lipinski definition) is 2. The fraction of sp³-hybridized carbons (Fsp3) is 0.316. The van der Waals surface area contributed by atoms with E-state index in [0.29, 0.717) is 26.3 Å². The zero-order valence-corrected chi connectivity index (χ0v) is 13.5. The summed E-state index contributed by atoms with van der Waals surface area (Å²) in [5.41, 5.74) is 2.16. The quantitative estimate of drug-likeness (QED) is 0.851. The molecule has 0 bridgehead atoms. The summed E-state index contributed by atoms with van der Waals surface area (Å²) in [6, 6.07) is 17.8. The first kappa shape index (κ1) is 16.5. The van der Waals surface area contributed by atoms with Crippen molar-refractivity contribution in [1.82, 2.24) is 10.6 Å². The lowest BCUT2D eigenvalue weighted by atomic mass is 10.2. The van der Waals surface area contributed by atoms with Crippen LogP contribution in [0.5, 0.6) is 5.75 Å². The van der Waals surface area contributed by atoms with Crippen molar-refractivity contribution >= 4 is 5.91 Å². The van der Waals surface area contributed by atoms with Gasteiger partial charge in [0.2, 0.25) is 0 Å². The number of amides is 1. The third-order valence-electron chi connectivity index (χ3n) is 3.86. The molecule has 1 unspecified atom stereocenters. The molecule has 1 aliphatic rings. The third-order valence-corrected chi connectivity index (χ3v) is 3.86. The maximum atomic E-state index is 12.0. The van der Waals surface area contributed by atoms with E-state index in [-0.39, 0.29) is 5.91 Å². The van der Waals surface area contributed by atoms with Gasteiger partial charge in [0.05, 0.1) is 6.61 Å². The minimum absolute atomic E-state index is 0.0772. The molecule has 3 rings (SSSR count). The SMILES string of the molecule is O=C(NCc1ccc(OCc2ccccc2)cc1)C1CNCCO1. The molecule has 1 saturated heterocycles. The van der Waals surface area contributed by atoms with Crippen molar-refractivity contribution in [2.45, 2.75) is 19.3 Å². The number of carbonyl (C=O) groups excluding carboxylic acids is 1. The fourth-order valence-corrected chi connectivity index (χ4v) is 2.48. The molecule has 1 aliphatic heterocycles. The molecule has 2 N–H and O–H groups in total. The van der Waals surface area contributed by atoms with E-state index in [2.05, 4.69) is 10.6 Å². The average molecular weight is 326 g/mol. The highest BCUT2D eigenvalue weighted by atomic mass is 16.5. The van der Waals surface area contributed by atoms with Crippen LogP contribution < -0.4 is 15.4 Å². The van der Waals surface area contributed by atoms with Crippen LogP contribution in [0.4, 0.5) is 0 Å². The summed E-state index contributed by atoms with van der Waals surface area (Å²) in [6.07, 6.45) is -0.396. The molecule has 2 aromatic carbocycles. The standard InChI is InChI=1S/C19H22N2O3/c22-19(18-13-20-10-11-23-18)21-12-15-6-8-17(9-7-15)24-14-16-4-2-1-3-5-16/h1-9,18,20H,10-14H2,(H,21,22). The Morgan fingerprint density at radius 1 is 1.12 bits per heavy atom. The molecule has 0 saturated carbocycles.